The number of halogens is 1. The van der Waals surface area contributed by atoms with Gasteiger partial charge in [-0.25, -0.2) is 0 Å². The molecule has 0 heterocycles. The second-order valence-electron chi connectivity index (χ2n) is 4.47. The molecule has 6 nitrogen and oxygen atoms in total. The fraction of sp³-hybridized carbons (Fsp3) is 0.133. The molecule has 2 aromatic carbocycles. The van der Waals surface area contributed by atoms with Crippen LogP contribution in [0, 0.1) is 10.1 Å². The third-order valence-electron chi connectivity index (χ3n) is 2.92. The van der Waals surface area contributed by atoms with Crippen molar-refractivity contribution in [3.05, 3.63) is 68.7 Å². The van der Waals surface area contributed by atoms with Crippen molar-refractivity contribution >= 4 is 23.2 Å². The first-order valence-electron chi connectivity index (χ1n) is 6.38. The molecule has 2 rings (SSSR count). The van der Waals surface area contributed by atoms with E-state index in [2.05, 4.69) is 5.32 Å². The van der Waals surface area contributed by atoms with Crippen molar-refractivity contribution in [3.8, 4) is 5.75 Å². The maximum absolute atomic E-state index is 11.4. The highest BCUT2D eigenvalue weighted by Gasteiger charge is 2.10. The Morgan fingerprint density at radius 3 is 2.55 bits per heavy atom. The summed E-state index contributed by atoms with van der Waals surface area (Å²) in [5, 5.41) is 13.5. The summed E-state index contributed by atoms with van der Waals surface area (Å²) < 4.78 is 5.50. The molecule has 1 amide bonds. The fourth-order valence-corrected chi connectivity index (χ4v) is 2.02. The number of carbonyl (C=O) groups excluding carboxylic acids is 1. The number of carbonyl (C=O) groups is 1. The SMILES string of the molecule is CNC(=O)c1ccc(COc2cc(Cl)cc([N+](=O)[O-])c2)cc1. The molecular weight excluding hydrogens is 308 g/mol. The molecule has 22 heavy (non-hydrogen) atoms. The Labute approximate surface area is 131 Å². The van der Waals surface area contributed by atoms with Crippen LogP contribution in [0.15, 0.2) is 42.5 Å². The van der Waals surface area contributed by atoms with Crippen LogP contribution in [0.4, 0.5) is 5.69 Å². The van der Waals surface area contributed by atoms with Gasteiger partial charge in [0.1, 0.15) is 12.4 Å². The Morgan fingerprint density at radius 1 is 1.27 bits per heavy atom. The summed E-state index contributed by atoms with van der Waals surface area (Å²) in [6.07, 6.45) is 0. The number of non-ortho nitro benzene ring substituents is 1. The van der Waals surface area contributed by atoms with Gasteiger partial charge in [0.05, 0.1) is 16.0 Å². The highest BCUT2D eigenvalue weighted by Crippen LogP contribution is 2.26. The zero-order valence-corrected chi connectivity index (χ0v) is 12.5. The number of nitrogens with zero attached hydrogens (tertiary/aromatic N) is 1. The number of amides is 1. The minimum atomic E-state index is -0.531. The van der Waals surface area contributed by atoms with E-state index in [1.165, 1.54) is 18.2 Å². The molecule has 0 aliphatic rings. The summed E-state index contributed by atoms with van der Waals surface area (Å²) in [6, 6.07) is 10.9. The molecular formula is C15H13ClN2O4. The van der Waals surface area contributed by atoms with Crippen LogP contribution in [0.2, 0.25) is 5.02 Å². The number of hydrogen-bond donors (Lipinski definition) is 1. The zero-order valence-electron chi connectivity index (χ0n) is 11.7. The van der Waals surface area contributed by atoms with Gasteiger partial charge in [0.15, 0.2) is 0 Å². The highest BCUT2D eigenvalue weighted by atomic mass is 35.5. The third-order valence-corrected chi connectivity index (χ3v) is 3.13. The standard InChI is InChI=1S/C15H13ClN2O4/c1-17-15(19)11-4-2-10(3-5-11)9-22-14-7-12(16)6-13(8-14)18(20)21/h2-8H,9H2,1H3,(H,17,19). The first kappa shape index (κ1) is 15.8. The van der Waals surface area contributed by atoms with Crippen LogP contribution < -0.4 is 10.1 Å². The molecule has 0 aromatic heterocycles. The van der Waals surface area contributed by atoms with E-state index in [-0.39, 0.29) is 23.2 Å². The van der Waals surface area contributed by atoms with Crippen molar-refractivity contribution in [1.29, 1.82) is 0 Å². The van der Waals surface area contributed by atoms with Gasteiger partial charge < -0.3 is 10.1 Å². The van der Waals surface area contributed by atoms with Crippen LogP contribution in [-0.2, 0) is 6.61 Å². The molecule has 114 valence electrons. The highest BCUT2D eigenvalue weighted by molar-refractivity contribution is 6.30. The smallest absolute Gasteiger partial charge is 0.274 e. The number of nitrogens with one attached hydrogen (secondary N) is 1. The second kappa shape index (κ2) is 6.91. The average Bonchev–Trinajstić information content (AvgIpc) is 2.52. The van der Waals surface area contributed by atoms with Crippen LogP contribution in [0.3, 0.4) is 0 Å². The van der Waals surface area contributed by atoms with Crippen LogP contribution in [0.1, 0.15) is 15.9 Å². The quantitative estimate of drug-likeness (QED) is 0.677. The second-order valence-corrected chi connectivity index (χ2v) is 4.90. The van der Waals surface area contributed by atoms with Crippen LogP contribution >= 0.6 is 11.6 Å². The van der Waals surface area contributed by atoms with Crippen LogP contribution in [0.25, 0.3) is 0 Å². The number of ether oxygens (including phenoxy) is 1. The molecule has 2 aromatic rings. The van der Waals surface area contributed by atoms with Gasteiger partial charge >= 0.3 is 0 Å². The summed E-state index contributed by atoms with van der Waals surface area (Å²) in [5.74, 6) is 0.146. The maximum atomic E-state index is 11.4. The van der Waals surface area contributed by atoms with E-state index in [9.17, 15) is 14.9 Å². The number of nitro benzene ring substituents is 1. The molecule has 0 bridgehead atoms. The average molecular weight is 321 g/mol. The van der Waals surface area contributed by atoms with Gasteiger partial charge in [-0.3, -0.25) is 14.9 Å². The van der Waals surface area contributed by atoms with Gasteiger partial charge in [0.25, 0.3) is 11.6 Å². The van der Waals surface area contributed by atoms with E-state index in [4.69, 9.17) is 16.3 Å². The number of nitro groups is 1. The minimum Gasteiger partial charge on any atom is -0.489 e. The van der Waals surface area contributed by atoms with Crippen molar-refractivity contribution < 1.29 is 14.5 Å². The largest absolute Gasteiger partial charge is 0.489 e. The van der Waals surface area contributed by atoms with Gasteiger partial charge in [-0.2, -0.15) is 0 Å². The lowest BCUT2D eigenvalue weighted by atomic mass is 10.1. The number of hydrogen-bond acceptors (Lipinski definition) is 4. The zero-order chi connectivity index (χ0) is 16.1. The molecule has 0 unspecified atom stereocenters. The Morgan fingerprint density at radius 2 is 1.95 bits per heavy atom. The molecule has 7 heteroatoms. The Kier molecular flexibility index (Phi) is 4.95. The third kappa shape index (κ3) is 3.95. The molecule has 0 aliphatic carbocycles. The first-order chi connectivity index (χ1) is 10.5. The van der Waals surface area contributed by atoms with E-state index in [1.807, 2.05) is 0 Å². The van der Waals surface area contributed by atoms with Crippen LogP contribution in [-0.4, -0.2) is 17.9 Å². The molecule has 0 fully saturated rings. The summed E-state index contributed by atoms with van der Waals surface area (Å²) in [7, 11) is 1.56. The summed E-state index contributed by atoms with van der Waals surface area (Å²) in [5.41, 5.74) is 1.25. The lowest BCUT2D eigenvalue weighted by molar-refractivity contribution is -0.384. The summed E-state index contributed by atoms with van der Waals surface area (Å²) in [6.45, 7) is 0.214. The number of rotatable bonds is 5. The van der Waals surface area contributed by atoms with Gasteiger partial charge in [-0.05, 0) is 23.8 Å². The predicted octanol–water partition coefficient (Wildman–Crippen LogP) is 3.19. The maximum Gasteiger partial charge on any atom is 0.274 e. The van der Waals surface area contributed by atoms with E-state index >= 15 is 0 Å². The topological polar surface area (TPSA) is 81.5 Å². The minimum absolute atomic E-state index is 0.127. The Balaban J connectivity index is 2.07. The van der Waals surface area contributed by atoms with Crippen molar-refractivity contribution in [2.75, 3.05) is 7.05 Å². The molecule has 0 aliphatic heterocycles. The van der Waals surface area contributed by atoms with Crippen molar-refractivity contribution in [1.82, 2.24) is 5.32 Å². The van der Waals surface area contributed by atoms with Gasteiger partial charge in [-0.1, -0.05) is 23.7 Å². The molecule has 0 saturated carbocycles. The summed E-state index contributed by atoms with van der Waals surface area (Å²) >= 11 is 5.82. The van der Waals surface area contributed by atoms with E-state index < -0.39 is 4.92 Å². The van der Waals surface area contributed by atoms with Gasteiger partial charge in [-0.15, -0.1) is 0 Å². The molecule has 0 saturated heterocycles. The van der Waals surface area contributed by atoms with Crippen LogP contribution in [0.5, 0.6) is 5.75 Å². The number of benzene rings is 2. The van der Waals surface area contributed by atoms with Crippen molar-refractivity contribution in [2.24, 2.45) is 0 Å². The Hall–Kier alpha value is -2.60. The molecule has 0 atom stereocenters. The van der Waals surface area contributed by atoms with Crippen molar-refractivity contribution in [3.63, 3.8) is 0 Å². The monoisotopic (exact) mass is 320 g/mol. The molecule has 1 N–H and O–H groups in total. The van der Waals surface area contributed by atoms with Crippen molar-refractivity contribution in [2.45, 2.75) is 6.61 Å². The van der Waals surface area contributed by atoms with Gasteiger partial charge in [0.2, 0.25) is 0 Å². The lowest BCUT2D eigenvalue weighted by Gasteiger charge is -2.07. The Bertz CT molecular complexity index is 701. The normalized spacial score (nSPS) is 10.1. The molecule has 0 radical (unpaired) electrons. The summed E-state index contributed by atoms with van der Waals surface area (Å²) in [4.78, 5) is 21.7. The van der Waals surface area contributed by atoms with E-state index in [0.29, 0.717) is 11.3 Å². The fourth-order valence-electron chi connectivity index (χ4n) is 1.80. The first-order valence-corrected chi connectivity index (χ1v) is 6.76. The van der Waals surface area contributed by atoms with E-state index in [0.717, 1.165) is 5.56 Å². The predicted molar refractivity (Wildman–Crippen MR) is 82.3 cm³/mol. The van der Waals surface area contributed by atoms with Gasteiger partial charge in [0, 0.05) is 18.7 Å². The lowest BCUT2D eigenvalue weighted by Crippen LogP contribution is -2.17. The molecule has 0 spiro atoms. The van der Waals surface area contributed by atoms with E-state index in [1.54, 1.807) is 31.3 Å².